The van der Waals surface area contributed by atoms with E-state index in [9.17, 15) is 4.39 Å². The number of ether oxygens (including phenoxy) is 2. The summed E-state index contributed by atoms with van der Waals surface area (Å²) >= 11 is 0. The first kappa shape index (κ1) is 19.4. The van der Waals surface area contributed by atoms with Crippen LogP contribution >= 0.6 is 0 Å². The number of aromatic nitrogens is 1. The molecule has 1 N–H and O–H groups in total. The Hall–Kier alpha value is -3.31. The zero-order chi connectivity index (χ0) is 21.8. The Morgan fingerprint density at radius 3 is 2.47 bits per heavy atom. The fourth-order valence-corrected chi connectivity index (χ4v) is 5.55. The first-order chi connectivity index (χ1) is 15.7. The van der Waals surface area contributed by atoms with Gasteiger partial charge >= 0.3 is 0 Å². The smallest absolute Gasteiger partial charge is 0.123 e. The minimum Gasteiger partial charge on any atom is -0.497 e. The molecule has 2 aliphatic rings. The third-order valence-electron chi connectivity index (χ3n) is 7.09. The molecule has 0 bridgehead atoms. The van der Waals surface area contributed by atoms with Crippen molar-refractivity contribution in [3.8, 4) is 11.5 Å². The highest BCUT2D eigenvalue weighted by molar-refractivity contribution is 5.87. The standard InChI is InChI=1S/C27H25FN2O2/c1-31-19-8-5-16-11-12-30-25(21(16)13-19)15-23-22-14-20(32-2)9-10-24(22)29-26(23)27(30)17-3-6-18(28)7-4-17/h3-10,13-14,25,27,29H,11-12,15H2,1-2H3. The predicted octanol–water partition coefficient (Wildman–Crippen LogP) is 5.57. The predicted molar refractivity (Wildman–Crippen MR) is 123 cm³/mol. The minimum atomic E-state index is -0.212. The zero-order valence-corrected chi connectivity index (χ0v) is 18.2. The second-order valence-corrected chi connectivity index (χ2v) is 8.66. The van der Waals surface area contributed by atoms with Crippen molar-refractivity contribution in [2.75, 3.05) is 20.8 Å². The second kappa shape index (κ2) is 7.38. The fraction of sp³-hybridized carbons (Fsp3) is 0.259. The van der Waals surface area contributed by atoms with E-state index in [2.05, 4.69) is 40.2 Å². The molecule has 2 atom stereocenters. The summed E-state index contributed by atoms with van der Waals surface area (Å²) in [5, 5.41) is 1.20. The molecule has 6 rings (SSSR count). The summed E-state index contributed by atoms with van der Waals surface area (Å²) in [6.45, 7) is 0.949. The van der Waals surface area contributed by atoms with Crippen LogP contribution in [0.25, 0.3) is 10.9 Å². The van der Waals surface area contributed by atoms with Gasteiger partial charge in [-0.2, -0.15) is 0 Å². The van der Waals surface area contributed by atoms with Crippen molar-refractivity contribution < 1.29 is 13.9 Å². The van der Waals surface area contributed by atoms with Crippen LogP contribution < -0.4 is 9.47 Å². The van der Waals surface area contributed by atoms with Crippen molar-refractivity contribution in [1.29, 1.82) is 0 Å². The summed E-state index contributed by atoms with van der Waals surface area (Å²) in [6.07, 6.45) is 1.89. The van der Waals surface area contributed by atoms with Gasteiger partial charge in [-0.25, -0.2) is 4.39 Å². The van der Waals surface area contributed by atoms with E-state index in [1.807, 2.05) is 18.2 Å². The molecule has 2 aliphatic heterocycles. The monoisotopic (exact) mass is 428 g/mol. The minimum absolute atomic E-state index is 0.0297. The number of rotatable bonds is 3. The molecule has 0 radical (unpaired) electrons. The third kappa shape index (κ3) is 2.92. The lowest BCUT2D eigenvalue weighted by Crippen LogP contribution is -2.43. The van der Waals surface area contributed by atoms with Gasteiger partial charge in [-0.3, -0.25) is 4.90 Å². The van der Waals surface area contributed by atoms with E-state index in [0.717, 1.165) is 42.0 Å². The van der Waals surface area contributed by atoms with E-state index in [1.165, 1.54) is 27.8 Å². The van der Waals surface area contributed by atoms with Crippen LogP contribution in [0, 0.1) is 5.82 Å². The molecular weight excluding hydrogens is 403 g/mol. The molecule has 0 amide bonds. The van der Waals surface area contributed by atoms with Crippen molar-refractivity contribution >= 4 is 10.9 Å². The lowest BCUT2D eigenvalue weighted by molar-refractivity contribution is 0.127. The highest BCUT2D eigenvalue weighted by Crippen LogP contribution is 2.48. The van der Waals surface area contributed by atoms with Crippen molar-refractivity contribution in [1.82, 2.24) is 9.88 Å². The van der Waals surface area contributed by atoms with Crippen LogP contribution in [0.1, 0.15) is 40.0 Å². The van der Waals surface area contributed by atoms with Gasteiger partial charge in [0, 0.05) is 29.2 Å². The lowest BCUT2D eigenvalue weighted by Gasteiger charge is -2.46. The molecule has 4 aromatic rings. The van der Waals surface area contributed by atoms with E-state index >= 15 is 0 Å². The van der Waals surface area contributed by atoms with Gasteiger partial charge in [-0.1, -0.05) is 18.2 Å². The zero-order valence-electron chi connectivity index (χ0n) is 18.2. The first-order valence-corrected chi connectivity index (χ1v) is 11.0. The molecule has 32 heavy (non-hydrogen) atoms. The Labute approximate surface area is 186 Å². The van der Waals surface area contributed by atoms with Gasteiger partial charge in [-0.15, -0.1) is 0 Å². The van der Waals surface area contributed by atoms with Crippen molar-refractivity contribution in [2.24, 2.45) is 0 Å². The van der Waals surface area contributed by atoms with E-state index in [1.54, 1.807) is 26.4 Å². The van der Waals surface area contributed by atoms with Crippen molar-refractivity contribution in [3.63, 3.8) is 0 Å². The number of nitrogens with zero attached hydrogens (tertiary/aromatic N) is 1. The second-order valence-electron chi connectivity index (χ2n) is 8.66. The maximum Gasteiger partial charge on any atom is 0.123 e. The summed E-state index contributed by atoms with van der Waals surface area (Å²) < 4.78 is 24.8. The number of nitrogens with one attached hydrogen (secondary N) is 1. The Morgan fingerprint density at radius 1 is 0.938 bits per heavy atom. The van der Waals surface area contributed by atoms with Gasteiger partial charge < -0.3 is 14.5 Å². The average Bonchev–Trinajstić information content (AvgIpc) is 3.20. The quantitative estimate of drug-likeness (QED) is 0.464. The summed E-state index contributed by atoms with van der Waals surface area (Å²) in [5.74, 6) is 1.53. The molecule has 3 aromatic carbocycles. The Bertz CT molecular complexity index is 1310. The first-order valence-electron chi connectivity index (χ1n) is 11.0. The number of H-pyrrole nitrogens is 1. The normalized spacial score (nSPS) is 19.8. The Kier molecular flexibility index (Phi) is 4.47. The molecule has 0 spiro atoms. The number of hydrogen-bond acceptors (Lipinski definition) is 3. The van der Waals surface area contributed by atoms with Gasteiger partial charge in [0.1, 0.15) is 17.3 Å². The number of hydrogen-bond donors (Lipinski definition) is 1. The largest absolute Gasteiger partial charge is 0.497 e. The summed E-state index contributed by atoms with van der Waals surface area (Å²) in [6, 6.07) is 19.8. The molecule has 5 heteroatoms. The molecule has 162 valence electrons. The molecule has 3 heterocycles. The van der Waals surface area contributed by atoms with Crippen LogP contribution in [0.5, 0.6) is 11.5 Å². The van der Waals surface area contributed by atoms with Crippen LogP contribution in [-0.2, 0) is 12.8 Å². The molecule has 2 unspecified atom stereocenters. The maximum atomic E-state index is 13.8. The van der Waals surface area contributed by atoms with E-state index < -0.39 is 0 Å². The molecule has 4 nitrogen and oxygen atoms in total. The lowest BCUT2D eigenvalue weighted by atomic mass is 9.81. The molecule has 1 aromatic heterocycles. The SMILES string of the molecule is COc1ccc2c(c1)C1Cc3c([nH]c4ccc(OC)cc34)C(c3ccc(F)cc3)N1CC2. The van der Waals surface area contributed by atoms with E-state index in [4.69, 9.17) is 9.47 Å². The number of benzene rings is 3. The van der Waals surface area contributed by atoms with Crippen LogP contribution in [-0.4, -0.2) is 30.6 Å². The fourth-order valence-electron chi connectivity index (χ4n) is 5.55. The Balaban J connectivity index is 1.58. The highest BCUT2D eigenvalue weighted by atomic mass is 19.1. The number of halogens is 1. The molecule has 0 aliphatic carbocycles. The average molecular weight is 429 g/mol. The summed E-state index contributed by atoms with van der Waals surface area (Å²) in [7, 11) is 3.42. The molecule has 0 saturated carbocycles. The van der Waals surface area contributed by atoms with Crippen molar-refractivity contribution in [3.05, 3.63) is 94.4 Å². The Morgan fingerprint density at radius 2 is 1.69 bits per heavy atom. The van der Waals surface area contributed by atoms with Crippen LogP contribution in [0.2, 0.25) is 0 Å². The van der Waals surface area contributed by atoms with Gasteiger partial charge in [0.15, 0.2) is 0 Å². The molecule has 0 saturated heterocycles. The van der Waals surface area contributed by atoms with Crippen LogP contribution in [0.4, 0.5) is 4.39 Å². The number of aromatic amines is 1. The topological polar surface area (TPSA) is 37.5 Å². The highest BCUT2D eigenvalue weighted by Gasteiger charge is 2.41. The molecular formula is C27H25FN2O2. The maximum absolute atomic E-state index is 13.8. The van der Waals surface area contributed by atoms with E-state index in [-0.39, 0.29) is 17.9 Å². The third-order valence-corrected chi connectivity index (χ3v) is 7.09. The summed E-state index contributed by atoms with van der Waals surface area (Å²) in [5.41, 5.74) is 7.42. The van der Waals surface area contributed by atoms with Gasteiger partial charge in [-0.05, 0) is 77.6 Å². The number of methoxy groups -OCH3 is 2. The van der Waals surface area contributed by atoms with Gasteiger partial charge in [0.2, 0.25) is 0 Å². The van der Waals surface area contributed by atoms with E-state index in [0.29, 0.717) is 0 Å². The molecule has 0 fully saturated rings. The van der Waals surface area contributed by atoms with Crippen molar-refractivity contribution in [2.45, 2.75) is 24.9 Å². The van der Waals surface area contributed by atoms with Gasteiger partial charge in [0.05, 0.1) is 20.3 Å². The number of fused-ring (bicyclic) bond motifs is 6. The van der Waals surface area contributed by atoms with Crippen LogP contribution in [0.3, 0.4) is 0 Å². The summed E-state index contributed by atoms with van der Waals surface area (Å²) in [4.78, 5) is 6.25. The van der Waals surface area contributed by atoms with Crippen LogP contribution in [0.15, 0.2) is 60.7 Å². The van der Waals surface area contributed by atoms with Gasteiger partial charge in [0.25, 0.3) is 0 Å².